The molecule has 1 aliphatic heterocycles. The zero-order valence-corrected chi connectivity index (χ0v) is 16.7. The molecule has 0 spiro atoms. The van der Waals surface area contributed by atoms with Crippen molar-refractivity contribution in [2.45, 2.75) is 44.2 Å². The number of morpholine rings is 1. The van der Waals surface area contributed by atoms with Gasteiger partial charge in [-0.05, 0) is 50.6 Å². The predicted molar refractivity (Wildman–Crippen MR) is 98.4 cm³/mol. The first-order valence-electron chi connectivity index (χ1n) is 8.12. The molecule has 1 fully saturated rings. The molecule has 1 aliphatic rings. The minimum atomic E-state index is -3.48. The third kappa shape index (κ3) is 5.90. The average molecular weight is 388 g/mol. The van der Waals surface area contributed by atoms with Crippen LogP contribution in [0.1, 0.15) is 26.3 Å². The second-order valence-corrected chi connectivity index (χ2v) is 10.9. The average Bonchev–Trinajstić information content (AvgIpc) is 2.52. The van der Waals surface area contributed by atoms with Crippen molar-refractivity contribution in [2.75, 3.05) is 25.5 Å². The minimum absolute atomic E-state index is 0.232. The summed E-state index contributed by atoms with van der Waals surface area (Å²) in [5.41, 5.74) is 0.405. The van der Waals surface area contributed by atoms with Gasteiger partial charge in [0.15, 0.2) is 0 Å². The fourth-order valence-electron chi connectivity index (χ4n) is 2.29. The lowest BCUT2D eigenvalue weighted by Gasteiger charge is -2.36. The number of benzene rings is 1. The molecular formula is C17H25NO5S2. The molecule has 25 heavy (non-hydrogen) atoms. The summed E-state index contributed by atoms with van der Waals surface area (Å²) in [6.45, 7) is 8.43. The summed E-state index contributed by atoms with van der Waals surface area (Å²) < 4.78 is 35.8. The van der Waals surface area contributed by atoms with Gasteiger partial charge >= 0.3 is 6.09 Å². The number of hydrogen-bond donors (Lipinski definition) is 0. The third-order valence-electron chi connectivity index (χ3n) is 3.58. The zero-order valence-electron chi connectivity index (χ0n) is 15.0. The van der Waals surface area contributed by atoms with E-state index in [4.69, 9.17) is 9.47 Å². The summed E-state index contributed by atoms with van der Waals surface area (Å²) in [6.07, 6.45) is -0.436. The largest absolute Gasteiger partial charge is 0.444 e. The first kappa shape index (κ1) is 20.1. The van der Waals surface area contributed by atoms with Crippen molar-refractivity contribution in [1.82, 2.24) is 4.90 Å². The molecule has 140 valence electrons. The third-order valence-corrected chi connectivity index (χ3v) is 7.18. The van der Waals surface area contributed by atoms with Crippen LogP contribution in [0.5, 0.6) is 0 Å². The molecular weight excluding hydrogens is 362 g/mol. The van der Waals surface area contributed by atoms with Crippen LogP contribution in [0, 0.1) is 6.92 Å². The van der Waals surface area contributed by atoms with Gasteiger partial charge in [0.1, 0.15) is 5.60 Å². The maximum absolute atomic E-state index is 12.5. The highest BCUT2D eigenvalue weighted by Crippen LogP contribution is 2.26. The number of aryl methyl sites for hydroxylation is 1. The van der Waals surface area contributed by atoms with Crippen LogP contribution in [0.3, 0.4) is 0 Å². The second kappa shape index (κ2) is 7.97. The Morgan fingerprint density at radius 1 is 1.32 bits per heavy atom. The standard InChI is InChI=1S/C17H25NO5S2/c1-13-5-7-15(8-6-13)25(20,21)24-12-14-11-22-10-9-18(14)16(19)23-17(2,3)4/h5-8,14H,9-12H2,1-4H3/t14-/m1/s1. The molecule has 1 aromatic rings. The van der Waals surface area contributed by atoms with Gasteiger partial charge in [-0.25, -0.2) is 13.2 Å². The molecule has 0 unspecified atom stereocenters. The van der Waals surface area contributed by atoms with Crippen LogP contribution in [0.25, 0.3) is 0 Å². The molecule has 0 saturated carbocycles. The number of rotatable bonds is 4. The van der Waals surface area contributed by atoms with Gasteiger partial charge in [0, 0.05) is 12.3 Å². The number of carbonyl (C=O) groups excluding carboxylic acids is 1. The second-order valence-electron chi connectivity index (χ2n) is 6.95. The Kier molecular flexibility index (Phi) is 6.40. The molecule has 0 aliphatic carbocycles. The lowest BCUT2D eigenvalue weighted by atomic mass is 10.2. The normalized spacial score (nSPS) is 18.9. The zero-order chi connectivity index (χ0) is 18.7. The molecule has 1 aromatic carbocycles. The van der Waals surface area contributed by atoms with E-state index < -0.39 is 20.6 Å². The van der Waals surface area contributed by atoms with Crippen LogP contribution in [-0.2, 0) is 18.3 Å². The van der Waals surface area contributed by atoms with E-state index in [0.717, 1.165) is 16.4 Å². The number of nitrogens with zero attached hydrogens (tertiary/aromatic N) is 1. The molecule has 6 nitrogen and oxygen atoms in total. The van der Waals surface area contributed by atoms with Crippen LogP contribution in [0.2, 0.25) is 0 Å². The molecule has 0 bridgehead atoms. The van der Waals surface area contributed by atoms with Crippen molar-refractivity contribution < 1.29 is 22.7 Å². The Balaban J connectivity index is 2.03. The lowest BCUT2D eigenvalue weighted by Crippen LogP contribution is -2.51. The van der Waals surface area contributed by atoms with Crippen LogP contribution in [-0.4, -0.2) is 56.6 Å². The Morgan fingerprint density at radius 2 is 1.96 bits per heavy atom. The highest BCUT2D eigenvalue weighted by atomic mass is 33.1. The topological polar surface area (TPSA) is 72.9 Å². The predicted octanol–water partition coefficient (Wildman–Crippen LogP) is 3.05. The highest BCUT2D eigenvalue weighted by Gasteiger charge is 2.32. The Labute approximate surface area is 153 Å². The monoisotopic (exact) mass is 387 g/mol. The SMILES string of the molecule is Cc1ccc(S(=O)(=O)SC[C@H]2COCCN2C(=O)OC(C)(C)C)cc1. The summed E-state index contributed by atoms with van der Waals surface area (Å²) in [7, 11) is -2.65. The Bertz CT molecular complexity index is 695. The Hall–Kier alpha value is -1.25. The number of hydrogen-bond acceptors (Lipinski definition) is 6. The van der Waals surface area contributed by atoms with Crippen LogP contribution in [0.15, 0.2) is 29.2 Å². The van der Waals surface area contributed by atoms with Gasteiger partial charge in [-0.1, -0.05) is 17.7 Å². The van der Waals surface area contributed by atoms with E-state index in [1.807, 2.05) is 6.92 Å². The molecule has 0 radical (unpaired) electrons. The summed E-state index contributed by atoms with van der Waals surface area (Å²) in [5, 5.41) is 0. The Morgan fingerprint density at radius 3 is 2.56 bits per heavy atom. The van der Waals surface area contributed by atoms with E-state index in [9.17, 15) is 13.2 Å². The van der Waals surface area contributed by atoms with Crippen LogP contribution < -0.4 is 0 Å². The molecule has 8 heteroatoms. The van der Waals surface area contributed by atoms with Gasteiger partial charge in [0.2, 0.25) is 8.87 Å². The van der Waals surface area contributed by atoms with Gasteiger partial charge in [0.05, 0.1) is 24.2 Å². The van der Waals surface area contributed by atoms with E-state index in [1.165, 1.54) is 0 Å². The smallest absolute Gasteiger partial charge is 0.410 e. The fraction of sp³-hybridized carbons (Fsp3) is 0.588. The van der Waals surface area contributed by atoms with Gasteiger partial charge in [0.25, 0.3) is 0 Å². The lowest BCUT2D eigenvalue weighted by molar-refractivity contribution is -0.0267. The van der Waals surface area contributed by atoms with Crippen LogP contribution in [0.4, 0.5) is 4.79 Å². The molecule has 1 amide bonds. The van der Waals surface area contributed by atoms with E-state index >= 15 is 0 Å². The molecule has 0 N–H and O–H groups in total. The first-order chi connectivity index (χ1) is 11.6. The van der Waals surface area contributed by atoms with Gasteiger partial charge in [-0.15, -0.1) is 0 Å². The van der Waals surface area contributed by atoms with E-state index in [1.54, 1.807) is 49.9 Å². The summed E-state index contributed by atoms with van der Waals surface area (Å²) in [6, 6.07) is 6.39. The minimum Gasteiger partial charge on any atom is -0.444 e. The molecule has 1 heterocycles. The summed E-state index contributed by atoms with van der Waals surface area (Å²) >= 11 is 0. The number of ether oxygens (including phenoxy) is 2. The van der Waals surface area contributed by atoms with E-state index in [0.29, 0.717) is 19.8 Å². The number of carbonyl (C=O) groups is 1. The highest BCUT2D eigenvalue weighted by molar-refractivity contribution is 8.72. The van der Waals surface area contributed by atoms with E-state index in [2.05, 4.69) is 0 Å². The fourth-order valence-corrected chi connectivity index (χ4v) is 5.26. The summed E-state index contributed by atoms with van der Waals surface area (Å²) in [5.74, 6) is 0.232. The molecule has 1 atom stereocenters. The first-order valence-corrected chi connectivity index (χ1v) is 11.1. The number of amides is 1. The van der Waals surface area contributed by atoms with Crippen molar-refractivity contribution >= 4 is 25.8 Å². The molecule has 0 aromatic heterocycles. The quantitative estimate of drug-likeness (QED) is 0.740. The van der Waals surface area contributed by atoms with Crippen molar-refractivity contribution in [3.63, 3.8) is 0 Å². The molecule has 1 saturated heterocycles. The van der Waals surface area contributed by atoms with Crippen molar-refractivity contribution in [3.8, 4) is 0 Å². The van der Waals surface area contributed by atoms with E-state index in [-0.39, 0.29) is 16.7 Å². The van der Waals surface area contributed by atoms with Crippen LogP contribution >= 0.6 is 10.8 Å². The van der Waals surface area contributed by atoms with Gasteiger partial charge in [-0.2, -0.15) is 0 Å². The van der Waals surface area contributed by atoms with Crippen molar-refractivity contribution in [1.29, 1.82) is 0 Å². The maximum atomic E-state index is 12.5. The van der Waals surface area contributed by atoms with Gasteiger partial charge in [-0.3, -0.25) is 4.90 Å². The van der Waals surface area contributed by atoms with Gasteiger partial charge < -0.3 is 9.47 Å². The van der Waals surface area contributed by atoms with Crippen molar-refractivity contribution in [3.05, 3.63) is 29.8 Å². The summed E-state index contributed by atoms with van der Waals surface area (Å²) in [4.78, 5) is 14.2. The maximum Gasteiger partial charge on any atom is 0.410 e. The van der Waals surface area contributed by atoms with Crippen molar-refractivity contribution in [2.24, 2.45) is 0 Å². The molecule has 2 rings (SSSR count).